The standard InChI is InChI=1S/C18H14N2O6/c21-17(19-11-1-3-13-15(7-11)25-9-23-13)5-6-18(22)20-12-2-4-14-16(8-12)26-10-24-14/h1-8H,9-10H2,(H,19,21)(H,20,22)/b6-5-. The normalized spacial score (nSPS) is 13.7. The van der Waals surface area contributed by atoms with E-state index in [1.807, 2.05) is 0 Å². The lowest BCUT2D eigenvalue weighted by atomic mass is 10.2. The average Bonchev–Trinajstić information content (AvgIpc) is 3.28. The Hall–Kier alpha value is -3.68. The SMILES string of the molecule is O=C(/C=C\C(=O)Nc1ccc2c(c1)OCO2)Nc1ccc2c(c1)OCO2. The molecule has 8 nitrogen and oxygen atoms in total. The molecule has 2 amide bonds. The number of carbonyl (C=O) groups is 2. The molecule has 0 spiro atoms. The highest BCUT2D eigenvalue weighted by Crippen LogP contribution is 2.35. The number of ether oxygens (including phenoxy) is 4. The fraction of sp³-hybridized carbons (Fsp3) is 0.111. The largest absolute Gasteiger partial charge is 0.454 e. The molecule has 0 bridgehead atoms. The van der Waals surface area contributed by atoms with Gasteiger partial charge in [-0.3, -0.25) is 9.59 Å². The van der Waals surface area contributed by atoms with Gasteiger partial charge < -0.3 is 29.6 Å². The minimum Gasteiger partial charge on any atom is -0.454 e. The van der Waals surface area contributed by atoms with Crippen LogP contribution in [0.1, 0.15) is 0 Å². The Bertz CT molecular complexity index is 835. The summed E-state index contributed by atoms with van der Waals surface area (Å²) in [5.41, 5.74) is 1.08. The Morgan fingerprint density at radius 3 is 1.58 bits per heavy atom. The van der Waals surface area contributed by atoms with Crippen LogP contribution in [0.4, 0.5) is 11.4 Å². The van der Waals surface area contributed by atoms with Crippen LogP contribution in [0.5, 0.6) is 23.0 Å². The zero-order chi connectivity index (χ0) is 17.9. The van der Waals surface area contributed by atoms with Crippen molar-refractivity contribution in [2.45, 2.75) is 0 Å². The van der Waals surface area contributed by atoms with Gasteiger partial charge in [0.15, 0.2) is 23.0 Å². The molecule has 0 saturated carbocycles. The molecule has 2 aromatic carbocycles. The zero-order valence-electron chi connectivity index (χ0n) is 13.5. The van der Waals surface area contributed by atoms with Gasteiger partial charge in [-0.2, -0.15) is 0 Å². The highest BCUT2D eigenvalue weighted by atomic mass is 16.7. The van der Waals surface area contributed by atoms with E-state index in [0.29, 0.717) is 34.4 Å². The zero-order valence-corrected chi connectivity index (χ0v) is 13.5. The molecule has 2 aliphatic rings. The Labute approximate surface area is 148 Å². The number of fused-ring (bicyclic) bond motifs is 2. The molecule has 26 heavy (non-hydrogen) atoms. The Morgan fingerprint density at radius 2 is 1.12 bits per heavy atom. The molecule has 0 saturated heterocycles. The van der Waals surface area contributed by atoms with Crippen LogP contribution in [-0.2, 0) is 9.59 Å². The quantitative estimate of drug-likeness (QED) is 0.818. The van der Waals surface area contributed by atoms with Gasteiger partial charge in [-0.1, -0.05) is 0 Å². The predicted octanol–water partition coefficient (Wildman–Crippen LogP) is 2.28. The first-order chi connectivity index (χ1) is 12.7. The van der Waals surface area contributed by atoms with Crippen LogP contribution in [0, 0.1) is 0 Å². The van der Waals surface area contributed by atoms with Gasteiger partial charge in [-0.25, -0.2) is 0 Å². The molecule has 0 aromatic heterocycles. The third-order valence-corrected chi connectivity index (χ3v) is 3.67. The highest BCUT2D eigenvalue weighted by Gasteiger charge is 2.15. The first-order valence-corrected chi connectivity index (χ1v) is 7.77. The summed E-state index contributed by atoms with van der Waals surface area (Å²) in [6.07, 6.45) is 2.29. The number of nitrogens with one attached hydrogen (secondary N) is 2. The van der Waals surface area contributed by atoms with E-state index in [-0.39, 0.29) is 13.6 Å². The summed E-state index contributed by atoms with van der Waals surface area (Å²) in [6, 6.07) is 10.1. The summed E-state index contributed by atoms with van der Waals surface area (Å²) >= 11 is 0. The molecule has 2 aromatic rings. The fourth-order valence-corrected chi connectivity index (χ4v) is 2.47. The number of carbonyl (C=O) groups excluding carboxylic acids is 2. The van der Waals surface area contributed by atoms with Crippen molar-refractivity contribution in [3.05, 3.63) is 48.6 Å². The molecule has 0 atom stereocenters. The van der Waals surface area contributed by atoms with Crippen LogP contribution in [0.15, 0.2) is 48.6 Å². The van der Waals surface area contributed by atoms with Crippen LogP contribution < -0.4 is 29.6 Å². The van der Waals surface area contributed by atoms with Gasteiger partial charge in [0.05, 0.1) is 0 Å². The number of rotatable bonds is 4. The fourth-order valence-electron chi connectivity index (χ4n) is 2.47. The van der Waals surface area contributed by atoms with Crippen LogP contribution in [0.3, 0.4) is 0 Å². The summed E-state index contributed by atoms with van der Waals surface area (Å²) in [5.74, 6) is 1.50. The Balaban J connectivity index is 1.33. The van der Waals surface area contributed by atoms with E-state index in [1.165, 1.54) is 0 Å². The monoisotopic (exact) mass is 354 g/mol. The lowest BCUT2D eigenvalue weighted by Crippen LogP contribution is -2.12. The molecule has 132 valence electrons. The number of hydrogen-bond acceptors (Lipinski definition) is 6. The topological polar surface area (TPSA) is 95.1 Å². The molecule has 2 aliphatic heterocycles. The summed E-state index contributed by atoms with van der Waals surface area (Å²) in [6.45, 7) is 0.319. The second-order valence-corrected chi connectivity index (χ2v) is 5.45. The second-order valence-electron chi connectivity index (χ2n) is 5.45. The molecular weight excluding hydrogens is 340 g/mol. The number of anilines is 2. The number of amides is 2. The third-order valence-electron chi connectivity index (χ3n) is 3.67. The maximum absolute atomic E-state index is 11.9. The minimum atomic E-state index is -0.440. The van der Waals surface area contributed by atoms with Gasteiger partial charge in [0.2, 0.25) is 25.4 Å². The number of benzene rings is 2. The van der Waals surface area contributed by atoms with Crippen LogP contribution >= 0.6 is 0 Å². The van der Waals surface area contributed by atoms with Crippen molar-refractivity contribution in [3.63, 3.8) is 0 Å². The van der Waals surface area contributed by atoms with E-state index >= 15 is 0 Å². The molecular formula is C18H14N2O6. The molecule has 0 unspecified atom stereocenters. The van der Waals surface area contributed by atoms with Crippen molar-refractivity contribution in [2.24, 2.45) is 0 Å². The van der Waals surface area contributed by atoms with Gasteiger partial charge >= 0.3 is 0 Å². The highest BCUT2D eigenvalue weighted by molar-refractivity contribution is 6.07. The van der Waals surface area contributed by atoms with Crippen LogP contribution in [0.2, 0.25) is 0 Å². The average molecular weight is 354 g/mol. The smallest absolute Gasteiger partial charge is 0.248 e. The van der Waals surface area contributed by atoms with E-state index in [0.717, 1.165) is 12.2 Å². The van der Waals surface area contributed by atoms with Crippen molar-refractivity contribution in [1.82, 2.24) is 0 Å². The first-order valence-electron chi connectivity index (χ1n) is 7.77. The lowest BCUT2D eigenvalue weighted by molar-refractivity contribution is -0.114. The minimum absolute atomic E-state index is 0.159. The predicted molar refractivity (Wildman–Crippen MR) is 91.5 cm³/mol. The van der Waals surface area contributed by atoms with Crippen LogP contribution in [0.25, 0.3) is 0 Å². The molecule has 8 heteroatoms. The molecule has 4 rings (SSSR count). The van der Waals surface area contributed by atoms with Crippen molar-refractivity contribution in [2.75, 3.05) is 24.2 Å². The van der Waals surface area contributed by atoms with E-state index in [9.17, 15) is 9.59 Å². The first kappa shape index (κ1) is 15.8. The Morgan fingerprint density at radius 1 is 0.692 bits per heavy atom. The summed E-state index contributed by atoms with van der Waals surface area (Å²) in [7, 11) is 0. The van der Waals surface area contributed by atoms with Gasteiger partial charge in [-0.15, -0.1) is 0 Å². The third kappa shape index (κ3) is 3.39. The molecule has 0 radical (unpaired) electrons. The summed E-state index contributed by atoms with van der Waals surface area (Å²) < 4.78 is 20.9. The second kappa shape index (κ2) is 6.67. The van der Waals surface area contributed by atoms with E-state index in [4.69, 9.17) is 18.9 Å². The molecule has 0 aliphatic carbocycles. The van der Waals surface area contributed by atoms with Gasteiger partial charge in [0.1, 0.15) is 0 Å². The van der Waals surface area contributed by atoms with E-state index < -0.39 is 11.8 Å². The van der Waals surface area contributed by atoms with Crippen molar-refractivity contribution in [1.29, 1.82) is 0 Å². The van der Waals surface area contributed by atoms with E-state index in [2.05, 4.69) is 10.6 Å². The summed E-state index contributed by atoms with van der Waals surface area (Å²) in [5, 5.41) is 5.29. The van der Waals surface area contributed by atoms with Gasteiger partial charge in [0.25, 0.3) is 0 Å². The van der Waals surface area contributed by atoms with E-state index in [1.54, 1.807) is 36.4 Å². The van der Waals surface area contributed by atoms with Crippen molar-refractivity contribution < 1.29 is 28.5 Å². The molecule has 0 fully saturated rings. The molecule has 2 N–H and O–H groups in total. The molecule has 2 heterocycles. The maximum Gasteiger partial charge on any atom is 0.248 e. The number of hydrogen-bond donors (Lipinski definition) is 2. The summed E-state index contributed by atoms with van der Waals surface area (Å²) in [4.78, 5) is 23.9. The Kier molecular flexibility index (Phi) is 4.06. The van der Waals surface area contributed by atoms with Crippen molar-refractivity contribution in [3.8, 4) is 23.0 Å². The van der Waals surface area contributed by atoms with Gasteiger partial charge in [-0.05, 0) is 24.3 Å². The maximum atomic E-state index is 11.9. The van der Waals surface area contributed by atoms with Crippen molar-refractivity contribution >= 4 is 23.2 Å². The van der Waals surface area contributed by atoms with Gasteiger partial charge in [0, 0.05) is 35.7 Å². The van der Waals surface area contributed by atoms with Crippen LogP contribution in [-0.4, -0.2) is 25.4 Å². The lowest BCUT2D eigenvalue weighted by Gasteiger charge is -2.04.